The van der Waals surface area contributed by atoms with Crippen LogP contribution in [0, 0.1) is 13.8 Å². The molecule has 3 aromatic carbocycles. The third-order valence-electron chi connectivity index (χ3n) is 4.75. The van der Waals surface area contributed by atoms with Gasteiger partial charge in [0.2, 0.25) is 0 Å². The number of aryl methyl sites for hydroxylation is 2. The van der Waals surface area contributed by atoms with Gasteiger partial charge in [0.25, 0.3) is 10.0 Å². The molecule has 1 aromatic heterocycles. The van der Waals surface area contributed by atoms with E-state index in [1.165, 1.54) is 23.8 Å². The zero-order valence-corrected chi connectivity index (χ0v) is 20.6. The summed E-state index contributed by atoms with van der Waals surface area (Å²) in [5.41, 5.74) is 3.20. The highest BCUT2D eigenvalue weighted by Crippen LogP contribution is 2.28. The summed E-state index contributed by atoms with van der Waals surface area (Å²) in [6, 6.07) is 20.8. The highest BCUT2D eigenvalue weighted by atomic mass is 35.5. The molecule has 34 heavy (non-hydrogen) atoms. The molecular weight excluding hydrogens is 493 g/mol. The van der Waals surface area contributed by atoms with Crippen LogP contribution in [0.4, 0.5) is 28.7 Å². The Balaban J connectivity index is 1.48. The zero-order chi connectivity index (χ0) is 24.3. The Morgan fingerprint density at radius 3 is 1.82 bits per heavy atom. The maximum atomic E-state index is 12.7. The van der Waals surface area contributed by atoms with Crippen molar-refractivity contribution in [2.24, 2.45) is 0 Å². The predicted octanol–water partition coefficient (Wildman–Crippen LogP) is 6.69. The molecule has 0 aliphatic rings. The summed E-state index contributed by atoms with van der Waals surface area (Å²) in [4.78, 5) is 8.77. The number of sulfonamides is 1. The summed E-state index contributed by atoms with van der Waals surface area (Å²) in [6.45, 7) is 3.84. The Morgan fingerprint density at radius 1 is 0.706 bits per heavy atom. The van der Waals surface area contributed by atoms with Gasteiger partial charge in [-0.05, 0) is 68.4 Å². The van der Waals surface area contributed by atoms with E-state index < -0.39 is 10.0 Å². The topological polar surface area (TPSA) is 96.0 Å². The van der Waals surface area contributed by atoms with Gasteiger partial charge in [0.05, 0.1) is 5.02 Å². The van der Waals surface area contributed by atoms with Crippen LogP contribution < -0.4 is 15.4 Å². The van der Waals surface area contributed by atoms with Crippen molar-refractivity contribution in [2.75, 3.05) is 15.4 Å². The Hall–Kier alpha value is -3.33. The Labute approximate surface area is 208 Å². The second-order valence-electron chi connectivity index (χ2n) is 7.56. The molecule has 10 heteroatoms. The lowest BCUT2D eigenvalue weighted by molar-refractivity contribution is 0.601. The number of hydrogen-bond donors (Lipinski definition) is 3. The van der Waals surface area contributed by atoms with E-state index in [0.29, 0.717) is 23.1 Å². The first-order valence-corrected chi connectivity index (χ1v) is 12.5. The fraction of sp³-hybridized carbons (Fsp3) is 0.0833. The molecule has 7 nitrogen and oxygen atoms in total. The van der Waals surface area contributed by atoms with Crippen molar-refractivity contribution in [3.63, 3.8) is 0 Å². The van der Waals surface area contributed by atoms with Crippen molar-refractivity contribution in [2.45, 2.75) is 18.7 Å². The van der Waals surface area contributed by atoms with E-state index >= 15 is 0 Å². The van der Waals surface area contributed by atoms with Crippen LogP contribution in [0.5, 0.6) is 0 Å². The van der Waals surface area contributed by atoms with Crippen molar-refractivity contribution < 1.29 is 8.42 Å². The van der Waals surface area contributed by atoms with E-state index in [0.717, 1.165) is 11.4 Å². The van der Waals surface area contributed by atoms with Gasteiger partial charge < -0.3 is 10.6 Å². The summed E-state index contributed by atoms with van der Waals surface area (Å²) in [5.74, 6) is 1.85. The van der Waals surface area contributed by atoms with Gasteiger partial charge in [-0.2, -0.15) is 0 Å². The second kappa shape index (κ2) is 9.89. The Bertz CT molecular complexity index is 1430. The fourth-order valence-electron chi connectivity index (χ4n) is 3.14. The number of anilines is 5. The largest absolute Gasteiger partial charge is 0.340 e. The van der Waals surface area contributed by atoms with Gasteiger partial charge in [-0.3, -0.25) is 4.72 Å². The molecule has 0 atom stereocenters. The number of halogens is 2. The van der Waals surface area contributed by atoms with Crippen LogP contribution in [0.25, 0.3) is 0 Å². The standard InChI is InChI=1S/C24H21Cl2N5O2S/c1-15-3-6-18(7-4-15)29-23-14-24(28-16(2)27-23)30-19-8-10-20(11-9-19)31-34(32,33)22-13-17(25)5-12-21(22)26/h3-14,31H,1-2H3,(H2,27,28,29,30). The maximum absolute atomic E-state index is 12.7. The summed E-state index contributed by atoms with van der Waals surface area (Å²) >= 11 is 12.0. The first kappa shape index (κ1) is 23.8. The maximum Gasteiger partial charge on any atom is 0.263 e. The molecule has 0 saturated carbocycles. The first-order valence-electron chi connectivity index (χ1n) is 10.2. The van der Waals surface area contributed by atoms with E-state index in [4.69, 9.17) is 23.2 Å². The number of aromatic nitrogens is 2. The van der Waals surface area contributed by atoms with Gasteiger partial charge in [-0.25, -0.2) is 18.4 Å². The lowest BCUT2D eigenvalue weighted by atomic mass is 10.2. The quantitative estimate of drug-likeness (QED) is 0.254. The van der Waals surface area contributed by atoms with Crippen LogP contribution in [0.3, 0.4) is 0 Å². The third-order valence-corrected chi connectivity index (χ3v) is 6.85. The fourth-order valence-corrected chi connectivity index (χ4v) is 4.97. The molecule has 0 radical (unpaired) electrons. The summed E-state index contributed by atoms with van der Waals surface area (Å²) in [7, 11) is -3.90. The predicted molar refractivity (Wildman–Crippen MR) is 138 cm³/mol. The molecule has 0 bridgehead atoms. The molecule has 174 valence electrons. The highest BCUT2D eigenvalue weighted by Gasteiger charge is 2.18. The van der Waals surface area contributed by atoms with Crippen LogP contribution in [-0.2, 0) is 10.0 Å². The number of rotatable bonds is 7. The van der Waals surface area contributed by atoms with Crippen LogP contribution >= 0.6 is 23.2 Å². The minimum atomic E-state index is -3.90. The van der Waals surface area contributed by atoms with Gasteiger partial charge in [0, 0.05) is 28.2 Å². The molecular formula is C24H21Cl2N5O2S. The van der Waals surface area contributed by atoms with Crippen molar-refractivity contribution in [3.8, 4) is 0 Å². The molecule has 0 fully saturated rings. The average Bonchev–Trinajstić information content (AvgIpc) is 2.78. The molecule has 4 rings (SSSR count). The van der Waals surface area contributed by atoms with E-state index in [2.05, 4.69) is 25.3 Å². The van der Waals surface area contributed by atoms with Crippen LogP contribution in [0.2, 0.25) is 10.0 Å². The third kappa shape index (κ3) is 5.96. The molecule has 0 amide bonds. The van der Waals surface area contributed by atoms with Crippen LogP contribution in [0.15, 0.2) is 77.7 Å². The SMILES string of the molecule is Cc1ccc(Nc2cc(Nc3ccc(NS(=O)(=O)c4cc(Cl)ccc4Cl)cc3)nc(C)n2)cc1. The van der Waals surface area contributed by atoms with Crippen LogP contribution in [-0.4, -0.2) is 18.4 Å². The molecule has 0 aliphatic carbocycles. The second-order valence-corrected chi connectivity index (χ2v) is 10.1. The van der Waals surface area contributed by atoms with Crippen molar-refractivity contribution in [1.82, 2.24) is 9.97 Å². The lowest BCUT2D eigenvalue weighted by Gasteiger charge is -2.12. The molecule has 0 saturated heterocycles. The minimum absolute atomic E-state index is 0.0874. The number of nitrogens with zero attached hydrogens (tertiary/aromatic N) is 2. The zero-order valence-electron chi connectivity index (χ0n) is 18.3. The smallest absolute Gasteiger partial charge is 0.263 e. The monoisotopic (exact) mass is 513 g/mol. The van der Waals surface area contributed by atoms with Gasteiger partial charge in [-0.15, -0.1) is 0 Å². The number of hydrogen-bond acceptors (Lipinski definition) is 6. The van der Waals surface area contributed by atoms with Gasteiger partial charge in [-0.1, -0.05) is 40.9 Å². The van der Waals surface area contributed by atoms with Gasteiger partial charge in [0.1, 0.15) is 22.4 Å². The number of nitrogens with one attached hydrogen (secondary N) is 3. The van der Waals surface area contributed by atoms with Crippen LogP contribution in [0.1, 0.15) is 11.4 Å². The van der Waals surface area contributed by atoms with E-state index in [9.17, 15) is 8.42 Å². The normalized spacial score (nSPS) is 11.2. The average molecular weight is 514 g/mol. The molecule has 0 spiro atoms. The van der Waals surface area contributed by atoms with Gasteiger partial charge >= 0.3 is 0 Å². The molecule has 4 aromatic rings. The van der Waals surface area contributed by atoms with E-state index in [1.54, 1.807) is 30.3 Å². The summed E-state index contributed by atoms with van der Waals surface area (Å²) < 4.78 is 27.9. The Kier molecular flexibility index (Phi) is 6.92. The molecule has 0 aliphatic heterocycles. The van der Waals surface area contributed by atoms with Gasteiger partial charge in [0.15, 0.2) is 0 Å². The van der Waals surface area contributed by atoms with Crippen molar-refractivity contribution in [1.29, 1.82) is 0 Å². The highest BCUT2D eigenvalue weighted by molar-refractivity contribution is 7.92. The molecule has 0 unspecified atom stereocenters. The van der Waals surface area contributed by atoms with E-state index in [1.807, 2.05) is 38.1 Å². The molecule has 1 heterocycles. The molecule has 3 N–H and O–H groups in total. The minimum Gasteiger partial charge on any atom is -0.340 e. The van der Waals surface area contributed by atoms with Crippen molar-refractivity contribution >= 4 is 61.9 Å². The lowest BCUT2D eigenvalue weighted by Crippen LogP contribution is -2.13. The summed E-state index contributed by atoms with van der Waals surface area (Å²) in [5, 5.41) is 6.85. The summed E-state index contributed by atoms with van der Waals surface area (Å²) in [6.07, 6.45) is 0. The van der Waals surface area contributed by atoms with E-state index in [-0.39, 0.29) is 14.9 Å². The number of benzene rings is 3. The van der Waals surface area contributed by atoms with Crippen molar-refractivity contribution in [3.05, 3.63) is 94.2 Å². The first-order chi connectivity index (χ1) is 16.2. The Morgan fingerprint density at radius 2 is 1.24 bits per heavy atom.